The number of nitrogens with zero attached hydrogens (tertiary/aromatic N) is 2. The monoisotopic (exact) mass is 352 g/mol. The fourth-order valence-electron chi connectivity index (χ4n) is 2.82. The van der Waals surface area contributed by atoms with Crippen molar-refractivity contribution >= 4 is 28.2 Å². The molecule has 3 rings (SSSR count). The lowest BCUT2D eigenvalue weighted by atomic mass is 10.1. The molecule has 25 heavy (non-hydrogen) atoms. The van der Waals surface area contributed by atoms with Gasteiger partial charge < -0.3 is 10.6 Å². The Balaban J connectivity index is 1.54. The van der Waals surface area contributed by atoms with E-state index in [1.54, 1.807) is 7.05 Å². The van der Waals surface area contributed by atoms with Crippen LogP contribution in [-0.2, 0) is 13.0 Å². The molecule has 1 unspecified atom stereocenters. The van der Waals surface area contributed by atoms with Gasteiger partial charge >= 0.3 is 0 Å². The number of aliphatic imine (C=N–C) groups is 1. The van der Waals surface area contributed by atoms with Crippen LogP contribution in [-0.4, -0.2) is 24.5 Å². The van der Waals surface area contributed by atoms with E-state index in [1.165, 1.54) is 10.4 Å². The molecular weight excluding hydrogens is 328 g/mol. The van der Waals surface area contributed by atoms with Gasteiger partial charge in [0.05, 0.1) is 5.52 Å². The van der Waals surface area contributed by atoms with Crippen LogP contribution >= 0.6 is 11.3 Å². The van der Waals surface area contributed by atoms with Crippen molar-refractivity contribution in [3.8, 4) is 0 Å². The molecule has 4 nitrogen and oxygen atoms in total. The normalized spacial score (nSPS) is 13.0. The van der Waals surface area contributed by atoms with Crippen molar-refractivity contribution < 1.29 is 0 Å². The standard InChI is InChI=1S/C20H24N4S/c1-15(12-18-9-5-11-25-18)13-23-20(21-2)24-14-17-7-3-6-16-8-4-10-22-19(16)17/h3-11,15H,12-14H2,1-2H3,(H2,21,23,24). The predicted octanol–water partition coefficient (Wildman–Crippen LogP) is 3.84. The third-order valence-corrected chi connectivity index (χ3v) is 5.03. The number of nitrogens with one attached hydrogen (secondary N) is 2. The number of hydrogen-bond acceptors (Lipinski definition) is 3. The van der Waals surface area contributed by atoms with Crippen LogP contribution in [0.15, 0.2) is 59.0 Å². The summed E-state index contributed by atoms with van der Waals surface area (Å²) >= 11 is 1.82. The van der Waals surface area contributed by atoms with Crippen molar-refractivity contribution in [2.45, 2.75) is 19.9 Å². The molecule has 0 aliphatic heterocycles. The smallest absolute Gasteiger partial charge is 0.191 e. The van der Waals surface area contributed by atoms with Crippen molar-refractivity contribution in [3.05, 3.63) is 64.5 Å². The average molecular weight is 353 g/mol. The van der Waals surface area contributed by atoms with Crippen molar-refractivity contribution in [2.75, 3.05) is 13.6 Å². The van der Waals surface area contributed by atoms with E-state index in [-0.39, 0.29) is 0 Å². The summed E-state index contributed by atoms with van der Waals surface area (Å²) in [5.41, 5.74) is 2.21. The van der Waals surface area contributed by atoms with Gasteiger partial charge in [-0.05, 0) is 35.4 Å². The number of thiophene rings is 1. The number of benzene rings is 1. The summed E-state index contributed by atoms with van der Waals surface area (Å²) in [5.74, 6) is 1.38. The molecule has 0 fully saturated rings. The summed E-state index contributed by atoms with van der Waals surface area (Å²) in [4.78, 5) is 10.3. The Kier molecular flexibility index (Phi) is 6.01. The minimum atomic E-state index is 0.552. The van der Waals surface area contributed by atoms with Gasteiger partial charge in [-0.1, -0.05) is 37.3 Å². The molecule has 0 bridgehead atoms. The molecule has 3 aromatic rings. The average Bonchev–Trinajstić information content (AvgIpc) is 3.15. The number of guanidine groups is 1. The minimum absolute atomic E-state index is 0.552. The molecule has 0 aliphatic rings. The highest BCUT2D eigenvalue weighted by Gasteiger charge is 2.07. The maximum atomic E-state index is 4.50. The van der Waals surface area contributed by atoms with Gasteiger partial charge in [0.25, 0.3) is 0 Å². The molecule has 130 valence electrons. The molecule has 1 atom stereocenters. The van der Waals surface area contributed by atoms with E-state index in [1.807, 2.05) is 23.6 Å². The van der Waals surface area contributed by atoms with E-state index in [4.69, 9.17) is 0 Å². The Morgan fingerprint density at radius 1 is 1.16 bits per heavy atom. The van der Waals surface area contributed by atoms with Gasteiger partial charge in [-0.15, -0.1) is 11.3 Å². The summed E-state index contributed by atoms with van der Waals surface area (Å²) in [5, 5.41) is 10.1. The number of pyridine rings is 1. The van der Waals surface area contributed by atoms with Crippen molar-refractivity contribution in [3.63, 3.8) is 0 Å². The van der Waals surface area contributed by atoms with Crippen molar-refractivity contribution in [1.29, 1.82) is 0 Å². The van der Waals surface area contributed by atoms with Crippen LogP contribution in [0.1, 0.15) is 17.4 Å². The summed E-state index contributed by atoms with van der Waals surface area (Å²) < 4.78 is 0. The second kappa shape index (κ2) is 8.62. The van der Waals surface area contributed by atoms with Crippen LogP contribution in [0.3, 0.4) is 0 Å². The van der Waals surface area contributed by atoms with Crippen molar-refractivity contribution in [1.82, 2.24) is 15.6 Å². The van der Waals surface area contributed by atoms with Crippen LogP contribution in [0.25, 0.3) is 10.9 Å². The van der Waals surface area contributed by atoms with Gasteiger partial charge in [0.15, 0.2) is 5.96 Å². The van der Waals surface area contributed by atoms with E-state index >= 15 is 0 Å². The maximum absolute atomic E-state index is 4.50. The highest BCUT2D eigenvalue weighted by Crippen LogP contribution is 2.16. The molecule has 0 spiro atoms. The Hall–Kier alpha value is -2.40. The van der Waals surface area contributed by atoms with E-state index in [0.29, 0.717) is 12.5 Å². The van der Waals surface area contributed by atoms with Gasteiger partial charge in [0.1, 0.15) is 0 Å². The number of fused-ring (bicyclic) bond motifs is 1. The van der Waals surface area contributed by atoms with E-state index in [9.17, 15) is 0 Å². The zero-order valence-electron chi connectivity index (χ0n) is 14.7. The summed E-state index contributed by atoms with van der Waals surface area (Å²) in [6.45, 7) is 3.85. The van der Waals surface area contributed by atoms with Gasteiger partial charge in [-0.3, -0.25) is 9.98 Å². The molecular formula is C20H24N4S. The Morgan fingerprint density at radius 2 is 2.04 bits per heavy atom. The molecule has 0 radical (unpaired) electrons. The lowest BCUT2D eigenvalue weighted by molar-refractivity contribution is 0.562. The first-order valence-electron chi connectivity index (χ1n) is 8.56. The van der Waals surface area contributed by atoms with Crippen LogP contribution in [0.4, 0.5) is 0 Å². The van der Waals surface area contributed by atoms with Gasteiger partial charge in [-0.2, -0.15) is 0 Å². The molecule has 2 aromatic heterocycles. The molecule has 2 heterocycles. The molecule has 2 N–H and O–H groups in total. The zero-order valence-corrected chi connectivity index (χ0v) is 15.5. The number of hydrogen-bond donors (Lipinski definition) is 2. The maximum Gasteiger partial charge on any atom is 0.191 e. The SMILES string of the molecule is CN=C(NCc1cccc2cccnc12)NCC(C)Cc1cccs1. The van der Waals surface area contributed by atoms with Crippen molar-refractivity contribution in [2.24, 2.45) is 10.9 Å². The van der Waals surface area contributed by atoms with Crippen LogP contribution in [0.2, 0.25) is 0 Å². The molecule has 1 aromatic carbocycles. The zero-order chi connectivity index (χ0) is 17.5. The van der Waals surface area contributed by atoms with E-state index in [0.717, 1.165) is 29.8 Å². The Bertz CT molecular complexity index is 821. The number of aromatic nitrogens is 1. The quantitative estimate of drug-likeness (QED) is 0.523. The predicted molar refractivity (Wildman–Crippen MR) is 107 cm³/mol. The molecule has 0 saturated carbocycles. The molecule has 0 aliphatic carbocycles. The minimum Gasteiger partial charge on any atom is -0.356 e. The molecule has 0 saturated heterocycles. The van der Waals surface area contributed by atoms with Crippen LogP contribution in [0, 0.1) is 5.92 Å². The lowest BCUT2D eigenvalue weighted by Crippen LogP contribution is -2.39. The Morgan fingerprint density at radius 3 is 2.84 bits per heavy atom. The first-order chi connectivity index (χ1) is 12.3. The first kappa shape index (κ1) is 17.4. The topological polar surface area (TPSA) is 49.3 Å². The first-order valence-corrected chi connectivity index (χ1v) is 9.43. The van der Waals surface area contributed by atoms with E-state index in [2.05, 4.69) is 69.3 Å². The fraction of sp³-hybridized carbons (Fsp3) is 0.300. The van der Waals surface area contributed by atoms with Crippen LogP contribution < -0.4 is 10.6 Å². The summed E-state index contributed by atoms with van der Waals surface area (Å²) in [7, 11) is 1.81. The Labute approximate surface area is 153 Å². The highest BCUT2D eigenvalue weighted by atomic mass is 32.1. The number of para-hydroxylation sites is 1. The van der Waals surface area contributed by atoms with E-state index < -0.39 is 0 Å². The van der Waals surface area contributed by atoms with Gasteiger partial charge in [-0.25, -0.2) is 0 Å². The highest BCUT2D eigenvalue weighted by molar-refractivity contribution is 7.09. The number of rotatable bonds is 6. The summed E-state index contributed by atoms with van der Waals surface area (Å²) in [6, 6.07) is 14.6. The lowest BCUT2D eigenvalue weighted by Gasteiger charge is -2.16. The second-order valence-electron chi connectivity index (χ2n) is 6.19. The molecule has 5 heteroatoms. The second-order valence-corrected chi connectivity index (χ2v) is 7.22. The van der Waals surface area contributed by atoms with Gasteiger partial charge in [0, 0.05) is 36.6 Å². The third kappa shape index (κ3) is 4.79. The third-order valence-electron chi connectivity index (χ3n) is 4.13. The largest absolute Gasteiger partial charge is 0.356 e. The van der Waals surface area contributed by atoms with Gasteiger partial charge in [0.2, 0.25) is 0 Å². The van der Waals surface area contributed by atoms with Crippen LogP contribution in [0.5, 0.6) is 0 Å². The fourth-order valence-corrected chi connectivity index (χ4v) is 3.69. The molecule has 0 amide bonds. The summed E-state index contributed by atoms with van der Waals surface area (Å²) in [6.07, 6.45) is 2.93.